The lowest BCUT2D eigenvalue weighted by Crippen LogP contribution is -1.95. The molecule has 4 heteroatoms. The van der Waals surface area contributed by atoms with E-state index in [0.717, 1.165) is 11.9 Å². The highest BCUT2D eigenvalue weighted by Crippen LogP contribution is 2.32. The Labute approximate surface area is 116 Å². The molecule has 0 bridgehead atoms. The van der Waals surface area contributed by atoms with Crippen LogP contribution in [-0.4, -0.2) is 9.97 Å². The second-order valence-electron chi connectivity index (χ2n) is 4.76. The zero-order valence-electron chi connectivity index (χ0n) is 11.0. The van der Waals surface area contributed by atoms with Gasteiger partial charge in [0.15, 0.2) is 5.13 Å². The number of fused-ring (bicyclic) bond motifs is 1. The number of anilines is 1. The largest absolute Gasteiger partial charge is 0.375 e. The molecule has 0 spiro atoms. The Morgan fingerprint density at radius 3 is 2.84 bits per heavy atom. The first-order valence-electron chi connectivity index (χ1n) is 6.19. The first kappa shape index (κ1) is 12.1. The zero-order valence-corrected chi connectivity index (χ0v) is 11.8. The molecule has 0 radical (unpaired) electrons. The van der Waals surface area contributed by atoms with Crippen LogP contribution in [0.4, 0.5) is 5.13 Å². The summed E-state index contributed by atoms with van der Waals surface area (Å²) >= 11 is 1.56. The van der Waals surface area contributed by atoms with Crippen molar-refractivity contribution in [3.05, 3.63) is 52.8 Å². The molecule has 0 saturated heterocycles. The van der Waals surface area contributed by atoms with Crippen LogP contribution in [-0.2, 0) is 6.42 Å². The van der Waals surface area contributed by atoms with Gasteiger partial charge in [0.05, 0.1) is 10.2 Å². The summed E-state index contributed by atoms with van der Waals surface area (Å²) in [6, 6.07) is 6.27. The van der Waals surface area contributed by atoms with E-state index < -0.39 is 0 Å². The minimum atomic E-state index is 0.635. The van der Waals surface area contributed by atoms with Crippen molar-refractivity contribution in [2.75, 3.05) is 5.73 Å². The molecule has 0 atom stereocenters. The molecule has 0 saturated carbocycles. The van der Waals surface area contributed by atoms with Crippen molar-refractivity contribution >= 4 is 26.7 Å². The highest BCUT2D eigenvalue weighted by molar-refractivity contribution is 7.22. The molecular formula is C15H15N3S. The van der Waals surface area contributed by atoms with Gasteiger partial charge in [-0.05, 0) is 42.2 Å². The van der Waals surface area contributed by atoms with E-state index >= 15 is 0 Å². The molecule has 2 heterocycles. The average Bonchev–Trinajstić information content (AvgIpc) is 2.78. The van der Waals surface area contributed by atoms with Gasteiger partial charge in [-0.15, -0.1) is 0 Å². The number of hydrogen-bond donors (Lipinski definition) is 1. The number of aromatic nitrogens is 2. The van der Waals surface area contributed by atoms with Gasteiger partial charge in [-0.1, -0.05) is 23.5 Å². The Hall–Kier alpha value is -1.94. The number of nitrogen functional groups attached to an aromatic ring is 1. The maximum Gasteiger partial charge on any atom is 0.181 e. The lowest BCUT2D eigenvalue weighted by Gasteiger charge is -2.08. The zero-order chi connectivity index (χ0) is 13.4. The highest BCUT2D eigenvalue weighted by atomic mass is 32.1. The van der Waals surface area contributed by atoms with E-state index in [1.54, 1.807) is 17.5 Å². The summed E-state index contributed by atoms with van der Waals surface area (Å²) in [5.41, 5.74) is 11.9. The van der Waals surface area contributed by atoms with E-state index in [-0.39, 0.29) is 0 Å². The van der Waals surface area contributed by atoms with E-state index in [1.807, 2.05) is 12.3 Å². The molecule has 0 fully saturated rings. The molecule has 19 heavy (non-hydrogen) atoms. The molecule has 3 aromatic rings. The van der Waals surface area contributed by atoms with Crippen LogP contribution in [0.25, 0.3) is 10.2 Å². The third-order valence-electron chi connectivity index (χ3n) is 3.30. The summed E-state index contributed by atoms with van der Waals surface area (Å²) in [5, 5.41) is 0.635. The van der Waals surface area contributed by atoms with E-state index in [0.29, 0.717) is 5.13 Å². The van der Waals surface area contributed by atoms with Gasteiger partial charge in [-0.25, -0.2) is 4.98 Å². The lowest BCUT2D eigenvalue weighted by atomic mass is 9.98. The van der Waals surface area contributed by atoms with Crippen LogP contribution in [0.2, 0.25) is 0 Å². The summed E-state index contributed by atoms with van der Waals surface area (Å²) in [6.07, 6.45) is 4.54. The maximum absolute atomic E-state index is 5.87. The second-order valence-corrected chi connectivity index (χ2v) is 5.79. The van der Waals surface area contributed by atoms with Gasteiger partial charge in [0.25, 0.3) is 0 Å². The standard InChI is InChI=1S/C15H15N3S/c1-9-6-10(2)14-13(18-15(16)19-14)12(9)7-11-4-3-5-17-8-11/h3-6,8H,7H2,1-2H3,(H2,16,18). The normalized spacial score (nSPS) is 11.1. The average molecular weight is 269 g/mol. The monoisotopic (exact) mass is 269 g/mol. The summed E-state index contributed by atoms with van der Waals surface area (Å²) in [5.74, 6) is 0. The molecule has 3 rings (SSSR count). The Morgan fingerprint density at radius 1 is 1.26 bits per heavy atom. The first-order valence-corrected chi connectivity index (χ1v) is 7.01. The van der Waals surface area contributed by atoms with Crippen molar-refractivity contribution in [3.8, 4) is 0 Å². The van der Waals surface area contributed by atoms with Crippen LogP contribution in [0.1, 0.15) is 22.3 Å². The number of nitrogens with two attached hydrogens (primary N) is 1. The van der Waals surface area contributed by atoms with Crippen molar-refractivity contribution < 1.29 is 0 Å². The summed E-state index contributed by atoms with van der Waals surface area (Å²) in [7, 11) is 0. The van der Waals surface area contributed by atoms with Gasteiger partial charge < -0.3 is 5.73 Å². The fourth-order valence-electron chi connectivity index (χ4n) is 2.40. The Kier molecular flexibility index (Phi) is 2.95. The predicted octanol–water partition coefficient (Wildman–Crippen LogP) is 3.48. The summed E-state index contributed by atoms with van der Waals surface area (Å²) < 4.78 is 1.20. The van der Waals surface area contributed by atoms with Crippen LogP contribution >= 0.6 is 11.3 Å². The number of hydrogen-bond acceptors (Lipinski definition) is 4. The van der Waals surface area contributed by atoms with Crippen LogP contribution in [0, 0.1) is 13.8 Å². The first-order chi connectivity index (χ1) is 9.15. The third kappa shape index (κ3) is 2.19. The van der Waals surface area contributed by atoms with Crippen LogP contribution in [0.5, 0.6) is 0 Å². The molecule has 96 valence electrons. The van der Waals surface area contributed by atoms with Gasteiger partial charge in [-0.3, -0.25) is 4.98 Å². The fraction of sp³-hybridized carbons (Fsp3) is 0.200. The van der Waals surface area contributed by atoms with Crippen LogP contribution in [0.15, 0.2) is 30.6 Å². The molecule has 0 amide bonds. The Bertz CT molecular complexity index is 732. The predicted molar refractivity (Wildman–Crippen MR) is 80.5 cm³/mol. The van der Waals surface area contributed by atoms with E-state index in [1.165, 1.54) is 27.0 Å². The minimum absolute atomic E-state index is 0.635. The number of benzene rings is 1. The topological polar surface area (TPSA) is 51.8 Å². The molecule has 1 aromatic carbocycles. The summed E-state index contributed by atoms with van der Waals surface area (Å²) in [6.45, 7) is 4.24. The van der Waals surface area contributed by atoms with Crippen molar-refractivity contribution in [3.63, 3.8) is 0 Å². The Morgan fingerprint density at radius 2 is 2.11 bits per heavy atom. The number of aryl methyl sites for hydroxylation is 2. The van der Waals surface area contributed by atoms with Gasteiger partial charge in [0.1, 0.15) is 0 Å². The fourth-order valence-corrected chi connectivity index (χ4v) is 3.23. The highest BCUT2D eigenvalue weighted by Gasteiger charge is 2.12. The molecular weight excluding hydrogens is 254 g/mol. The second kappa shape index (κ2) is 4.63. The number of rotatable bonds is 2. The smallest absolute Gasteiger partial charge is 0.181 e. The van der Waals surface area contributed by atoms with E-state index in [9.17, 15) is 0 Å². The molecule has 0 aliphatic rings. The van der Waals surface area contributed by atoms with E-state index in [4.69, 9.17) is 5.73 Å². The van der Waals surface area contributed by atoms with Crippen molar-refractivity contribution in [2.24, 2.45) is 0 Å². The molecule has 0 aliphatic carbocycles. The van der Waals surface area contributed by atoms with Crippen molar-refractivity contribution in [2.45, 2.75) is 20.3 Å². The Balaban J connectivity index is 2.17. The van der Waals surface area contributed by atoms with Crippen molar-refractivity contribution in [1.29, 1.82) is 0 Å². The van der Waals surface area contributed by atoms with Gasteiger partial charge in [-0.2, -0.15) is 0 Å². The minimum Gasteiger partial charge on any atom is -0.375 e. The van der Waals surface area contributed by atoms with Gasteiger partial charge >= 0.3 is 0 Å². The SMILES string of the molecule is Cc1cc(C)c2sc(N)nc2c1Cc1cccnc1. The number of thiazole rings is 1. The lowest BCUT2D eigenvalue weighted by molar-refractivity contribution is 1.13. The third-order valence-corrected chi connectivity index (χ3v) is 4.32. The molecule has 2 N–H and O–H groups in total. The molecule has 0 unspecified atom stereocenters. The van der Waals surface area contributed by atoms with Gasteiger partial charge in [0, 0.05) is 18.8 Å². The maximum atomic E-state index is 5.87. The molecule has 0 aliphatic heterocycles. The summed E-state index contributed by atoms with van der Waals surface area (Å²) in [4.78, 5) is 8.68. The molecule has 2 aromatic heterocycles. The van der Waals surface area contributed by atoms with Crippen molar-refractivity contribution in [1.82, 2.24) is 9.97 Å². The van der Waals surface area contributed by atoms with Crippen LogP contribution in [0.3, 0.4) is 0 Å². The van der Waals surface area contributed by atoms with Gasteiger partial charge in [0.2, 0.25) is 0 Å². The quantitative estimate of drug-likeness (QED) is 0.775. The number of nitrogens with zero attached hydrogens (tertiary/aromatic N) is 2. The number of pyridine rings is 1. The molecule has 3 nitrogen and oxygen atoms in total. The van der Waals surface area contributed by atoms with Crippen LogP contribution < -0.4 is 5.73 Å². The van der Waals surface area contributed by atoms with E-state index in [2.05, 4.69) is 35.9 Å².